The molecule has 0 saturated heterocycles. The Morgan fingerprint density at radius 2 is 1.71 bits per heavy atom. The van der Waals surface area contributed by atoms with E-state index in [2.05, 4.69) is 0 Å². The molecule has 0 aliphatic heterocycles. The van der Waals surface area contributed by atoms with Gasteiger partial charge in [-0.25, -0.2) is 0 Å². The van der Waals surface area contributed by atoms with Crippen LogP contribution in [0.5, 0.6) is 0 Å². The van der Waals surface area contributed by atoms with Crippen LogP contribution in [0.4, 0.5) is 0 Å². The van der Waals surface area contributed by atoms with Crippen LogP contribution in [0.15, 0.2) is 0 Å². The molecule has 0 heterocycles. The summed E-state index contributed by atoms with van der Waals surface area (Å²) in [6.07, 6.45) is -2.05. The zero-order valence-electron chi connectivity index (χ0n) is 4.29. The van der Waals surface area contributed by atoms with Crippen molar-refractivity contribution in [1.29, 1.82) is 0 Å². The molecular formula is C3H4O4. The normalized spacial score (nSPS) is 10.7. The molecule has 0 aliphatic carbocycles. The lowest BCUT2D eigenvalue weighted by Gasteiger charge is -1.80. The summed E-state index contributed by atoms with van der Waals surface area (Å²) in [5.74, 6) is -3.28. The monoisotopic (exact) mass is 105 g/mol. The molecule has 0 rings (SSSR count). The molecule has 0 atom stereocenters. The molecule has 0 aromatic carbocycles. The summed E-state index contributed by atoms with van der Waals surface area (Å²) in [6, 6.07) is 0. The minimum Gasteiger partial charge on any atom is -0.481 e. The molecule has 0 fully saturated rings. The average Bonchev–Trinajstić information content (AvgIpc) is 1.64. The Morgan fingerprint density at radius 1 is 1.43 bits per heavy atom. The highest BCUT2D eigenvalue weighted by Crippen LogP contribution is 1.74. The lowest BCUT2D eigenvalue weighted by Crippen LogP contribution is -2.03. The molecule has 7 heavy (non-hydrogen) atoms. The van der Waals surface area contributed by atoms with Crippen molar-refractivity contribution in [1.82, 2.24) is 0 Å². The number of hydrogen-bond donors (Lipinski definition) is 2. The molecule has 2 N–H and O–H groups in total. The van der Waals surface area contributed by atoms with Crippen molar-refractivity contribution in [3.05, 3.63) is 0 Å². The first-order valence-corrected chi connectivity index (χ1v) is 1.43. The third-order valence-corrected chi connectivity index (χ3v) is 0.247. The van der Waals surface area contributed by atoms with Gasteiger partial charge in [-0.1, -0.05) is 0 Å². The SMILES string of the molecule is [2H]C(C(=O)O)C(=O)O. The fourth-order valence-corrected chi connectivity index (χ4v) is 0.106. The van der Waals surface area contributed by atoms with Crippen LogP contribution in [0.25, 0.3) is 0 Å². The Labute approximate surface area is 40.8 Å². The van der Waals surface area contributed by atoms with E-state index in [1.165, 1.54) is 0 Å². The molecule has 40 valence electrons. The molecule has 4 nitrogen and oxygen atoms in total. The molecule has 0 unspecified atom stereocenters. The molecule has 0 bridgehead atoms. The summed E-state index contributed by atoms with van der Waals surface area (Å²) in [5.41, 5.74) is 0. The van der Waals surface area contributed by atoms with Crippen molar-refractivity contribution in [2.45, 2.75) is 6.40 Å². The van der Waals surface area contributed by atoms with Crippen molar-refractivity contribution in [2.24, 2.45) is 0 Å². The molecular weight excluding hydrogens is 100 g/mol. The number of carboxylic acids is 2. The quantitative estimate of drug-likeness (QED) is 0.466. The minimum atomic E-state index is -2.05. The van der Waals surface area contributed by atoms with E-state index < -0.39 is 18.3 Å². The van der Waals surface area contributed by atoms with Gasteiger partial charge >= 0.3 is 11.9 Å². The van der Waals surface area contributed by atoms with Gasteiger partial charge in [-0.3, -0.25) is 9.59 Å². The molecule has 0 aromatic rings. The highest BCUT2D eigenvalue weighted by atomic mass is 16.4. The first-order valence-electron chi connectivity index (χ1n) is 2.01. The van der Waals surface area contributed by atoms with Crippen LogP contribution in [0, 0.1) is 0 Å². The van der Waals surface area contributed by atoms with Gasteiger partial charge in [-0.15, -0.1) is 0 Å². The Kier molecular flexibility index (Phi) is 1.28. The number of carboxylic acid groups (broad SMARTS) is 2. The Bertz CT molecular complexity index is 106. The van der Waals surface area contributed by atoms with Crippen molar-refractivity contribution in [3.63, 3.8) is 0 Å². The van der Waals surface area contributed by atoms with Crippen molar-refractivity contribution >= 4 is 11.9 Å². The van der Waals surface area contributed by atoms with Gasteiger partial charge in [-0.2, -0.15) is 0 Å². The number of hydrogen-bond acceptors (Lipinski definition) is 2. The van der Waals surface area contributed by atoms with Gasteiger partial charge in [0.1, 0.15) is 6.40 Å². The van der Waals surface area contributed by atoms with Crippen molar-refractivity contribution < 1.29 is 21.2 Å². The smallest absolute Gasteiger partial charge is 0.314 e. The highest BCUT2D eigenvalue weighted by molar-refractivity contribution is 5.88. The van der Waals surface area contributed by atoms with Gasteiger partial charge < -0.3 is 10.2 Å². The van der Waals surface area contributed by atoms with E-state index in [1.54, 1.807) is 0 Å². The number of aliphatic carboxylic acids is 2. The molecule has 0 radical (unpaired) electrons. The molecule has 0 aliphatic rings. The summed E-state index contributed by atoms with van der Waals surface area (Å²) >= 11 is 0. The predicted octanol–water partition coefficient (Wildman–Crippen LogP) is -0.454. The molecule has 0 spiro atoms. The summed E-state index contributed by atoms with van der Waals surface area (Å²) < 4.78 is 6.28. The van der Waals surface area contributed by atoms with Crippen LogP contribution in [-0.2, 0) is 9.59 Å². The van der Waals surface area contributed by atoms with Crippen molar-refractivity contribution in [3.8, 4) is 0 Å². The third kappa shape index (κ3) is 4.94. The van der Waals surface area contributed by atoms with Crippen LogP contribution in [-0.4, -0.2) is 22.2 Å². The Hall–Kier alpha value is -1.06. The Balaban J connectivity index is 3.83. The van der Waals surface area contributed by atoms with Gasteiger partial charge in [-0.05, 0) is 0 Å². The van der Waals surface area contributed by atoms with Gasteiger partial charge in [0.15, 0.2) is 0 Å². The zero-order chi connectivity index (χ0) is 6.73. The van der Waals surface area contributed by atoms with E-state index in [9.17, 15) is 9.59 Å². The second-order valence-corrected chi connectivity index (χ2v) is 0.821. The van der Waals surface area contributed by atoms with Crippen LogP contribution in [0.3, 0.4) is 0 Å². The van der Waals surface area contributed by atoms with Gasteiger partial charge in [0.05, 0.1) is 1.37 Å². The van der Waals surface area contributed by atoms with Crippen LogP contribution in [0.1, 0.15) is 7.77 Å². The maximum Gasteiger partial charge on any atom is 0.314 e. The third-order valence-electron chi connectivity index (χ3n) is 0.247. The largest absolute Gasteiger partial charge is 0.481 e. The lowest BCUT2D eigenvalue weighted by molar-refractivity contribution is -0.147. The second kappa shape index (κ2) is 2.17. The molecule has 0 saturated carbocycles. The first kappa shape index (κ1) is 4.11. The fourth-order valence-electron chi connectivity index (χ4n) is 0.106. The van der Waals surface area contributed by atoms with Crippen LogP contribution in [0.2, 0.25) is 0 Å². The van der Waals surface area contributed by atoms with E-state index in [0.29, 0.717) is 0 Å². The summed E-state index contributed by atoms with van der Waals surface area (Å²) in [4.78, 5) is 19.1. The molecule has 0 amide bonds. The summed E-state index contributed by atoms with van der Waals surface area (Å²) in [5, 5.41) is 15.6. The van der Waals surface area contributed by atoms with Crippen LogP contribution < -0.4 is 0 Å². The zero-order valence-corrected chi connectivity index (χ0v) is 3.29. The lowest BCUT2D eigenvalue weighted by atomic mass is 10.5. The minimum absolute atomic E-state index is 1.64. The maximum absolute atomic E-state index is 9.57. The predicted molar refractivity (Wildman–Crippen MR) is 19.9 cm³/mol. The number of carbonyl (C=O) groups is 2. The maximum atomic E-state index is 9.57. The van der Waals surface area contributed by atoms with Gasteiger partial charge in [0, 0.05) is 0 Å². The van der Waals surface area contributed by atoms with E-state index in [0.717, 1.165) is 0 Å². The van der Waals surface area contributed by atoms with E-state index in [4.69, 9.17) is 11.6 Å². The van der Waals surface area contributed by atoms with Gasteiger partial charge in [0.25, 0.3) is 0 Å². The number of rotatable bonds is 2. The van der Waals surface area contributed by atoms with E-state index in [-0.39, 0.29) is 0 Å². The summed E-state index contributed by atoms with van der Waals surface area (Å²) in [7, 11) is 0. The Morgan fingerprint density at radius 3 is 1.71 bits per heavy atom. The standard InChI is InChI=1S/C3H4O4/c4-2(5)1-3(6)7/h1H2,(H,4,5)(H,6,7)/i1D. The van der Waals surface area contributed by atoms with E-state index >= 15 is 0 Å². The average molecular weight is 105 g/mol. The van der Waals surface area contributed by atoms with Crippen LogP contribution >= 0.6 is 0 Å². The molecule has 4 heteroatoms. The second-order valence-electron chi connectivity index (χ2n) is 0.821. The fraction of sp³-hybridized carbons (Fsp3) is 0.333. The van der Waals surface area contributed by atoms with Crippen molar-refractivity contribution in [2.75, 3.05) is 0 Å². The molecule has 0 aromatic heterocycles. The van der Waals surface area contributed by atoms with Gasteiger partial charge in [0.2, 0.25) is 0 Å². The first-order chi connectivity index (χ1) is 3.55. The van der Waals surface area contributed by atoms with E-state index in [1.807, 2.05) is 0 Å². The summed E-state index contributed by atoms with van der Waals surface area (Å²) in [6.45, 7) is 0. The highest BCUT2D eigenvalue weighted by Gasteiger charge is 2.01. The topological polar surface area (TPSA) is 74.6 Å².